The minimum Gasteiger partial charge on any atom is -0.493 e. The van der Waals surface area contributed by atoms with Gasteiger partial charge in [0.1, 0.15) is 0 Å². The number of Topliss-reactive ketones (excluding diaryl/α,β-unsaturated/α-hetero) is 1. The Bertz CT molecular complexity index is 709. The molecule has 2 rings (SSSR count). The maximum Gasteiger partial charge on any atom is 0.307 e. The maximum absolute atomic E-state index is 12.5. The zero-order chi connectivity index (χ0) is 18.2. The van der Waals surface area contributed by atoms with Crippen LogP contribution in [0.2, 0.25) is 0 Å². The maximum atomic E-state index is 12.5. The van der Waals surface area contributed by atoms with Crippen LogP contribution >= 0.6 is 0 Å². The fraction of sp³-hybridized carbons (Fsp3) is 0.471. The molecule has 0 aliphatic heterocycles. The Balaban J connectivity index is 2.34. The summed E-state index contributed by atoms with van der Waals surface area (Å²) in [5.74, 6) is -2.34. The molecule has 1 aromatic rings. The predicted molar refractivity (Wildman–Crippen MR) is 86.6 cm³/mol. The highest BCUT2D eigenvalue weighted by atomic mass is 16.5. The molecule has 1 aliphatic carbocycles. The second-order valence-electron chi connectivity index (χ2n) is 6.41. The fourth-order valence-electron chi connectivity index (χ4n) is 3.07. The fourth-order valence-corrected chi connectivity index (χ4v) is 3.07. The van der Waals surface area contributed by atoms with Crippen LogP contribution in [0.4, 0.5) is 5.69 Å². The number of carbonyl (C=O) groups excluding carboxylic acids is 2. The number of ether oxygens (including phenoxy) is 2. The number of anilines is 1. The molecule has 0 bridgehead atoms. The Morgan fingerprint density at radius 1 is 1.08 bits per heavy atom. The molecule has 0 radical (unpaired) electrons. The van der Waals surface area contributed by atoms with E-state index in [1.165, 1.54) is 33.3 Å². The molecule has 1 saturated carbocycles. The van der Waals surface area contributed by atoms with Gasteiger partial charge in [0, 0.05) is 11.6 Å². The number of carboxylic acids is 1. The van der Waals surface area contributed by atoms with E-state index < -0.39 is 29.1 Å². The lowest BCUT2D eigenvalue weighted by atomic mass is 10.1. The van der Waals surface area contributed by atoms with E-state index in [2.05, 4.69) is 5.32 Å². The van der Waals surface area contributed by atoms with E-state index in [4.69, 9.17) is 9.47 Å². The molecule has 1 aliphatic rings. The van der Waals surface area contributed by atoms with Gasteiger partial charge in [0.15, 0.2) is 17.3 Å². The SMILES string of the molecule is COc1cc(NC(=O)[C@H]2[C@H](C(=O)O)C2(C)C)c(C(C)=O)cc1OC. The van der Waals surface area contributed by atoms with Crippen LogP contribution in [0.3, 0.4) is 0 Å². The van der Waals surface area contributed by atoms with Crippen molar-refractivity contribution >= 4 is 23.3 Å². The monoisotopic (exact) mass is 335 g/mol. The Morgan fingerprint density at radius 2 is 1.62 bits per heavy atom. The van der Waals surface area contributed by atoms with Gasteiger partial charge in [-0.05, 0) is 18.4 Å². The lowest BCUT2D eigenvalue weighted by Gasteiger charge is -2.14. The van der Waals surface area contributed by atoms with Crippen molar-refractivity contribution in [1.29, 1.82) is 0 Å². The summed E-state index contributed by atoms with van der Waals surface area (Å²) in [7, 11) is 2.89. The highest BCUT2D eigenvalue weighted by Crippen LogP contribution is 2.58. The van der Waals surface area contributed by atoms with Crippen molar-refractivity contribution in [3.8, 4) is 11.5 Å². The summed E-state index contributed by atoms with van der Waals surface area (Å²) >= 11 is 0. The van der Waals surface area contributed by atoms with Crippen LogP contribution in [0.5, 0.6) is 11.5 Å². The molecule has 1 fully saturated rings. The van der Waals surface area contributed by atoms with Crippen molar-refractivity contribution in [3.63, 3.8) is 0 Å². The van der Waals surface area contributed by atoms with Crippen LogP contribution < -0.4 is 14.8 Å². The van der Waals surface area contributed by atoms with Crippen LogP contribution in [0, 0.1) is 17.3 Å². The minimum atomic E-state index is -1.00. The van der Waals surface area contributed by atoms with Gasteiger partial charge >= 0.3 is 5.97 Å². The summed E-state index contributed by atoms with van der Waals surface area (Å²) in [6.07, 6.45) is 0. The van der Waals surface area contributed by atoms with Gasteiger partial charge in [0.05, 0.1) is 31.7 Å². The zero-order valence-corrected chi connectivity index (χ0v) is 14.3. The molecule has 0 aromatic heterocycles. The largest absolute Gasteiger partial charge is 0.493 e. The third-order valence-corrected chi connectivity index (χ3v) is 4.54. The normalized spacial score (nSPS) is 20.9. The lowest BCUT2D eigenvalue weighted by molar-refractivity contribution is -0.140. The quantitative estimate of drug-likeness (QED) is 0.773. The number of methoxy groups -OCH3 is 2. The van der Waals surface area contributed by atoms with E-state index >= 15 is 0 Å². The van der Waals surface area contributed by atoms with Crippen molar-refractivity contribution in [3.05, 3.63) is 17.7 Å². The second kappa shape index (κ2) is 6.14. The average molecular weight is 335 g/mol. The molecule has 0 saturated heterocycles. The van der Waals surface area contributed by atoms with Gasteiger partial charge in [-0.15, -0.1) is 0 Å². The van der Waals surface area contributed by atoms with Crippen LogP contribution in [-0.2, 0) is 9.59 Å². The molecular formula is C17H21NO6. The van der Waals surface area contributed by atoms with Crippen molar-refractivity contribution in [1.82, 2.24) is 0 Å². The number of rotatable bonds is 6. The summed E-state index contributed by atoms with van der Waals surface area (Å²) in [6, 6.07) is 2.99. The molecule has 1 aromatic carbocycles. The topological polar surface area (TPSA) is 102 Å². The number of benzene rings is 1. The highest BCUT2D eigenvalue weighted by Gasteiger charge is 2.65. The van der Waals surface area contributed by atoms with Crippen molar-refractivity contribution < 1.29 is 29.0 Å². The number of carboxylic acid groups (broad SMARTS) is 1. The zero-order valence-electron chi connectivity index (χ0n) is 14.3. The van der Waals surface area contributed by atoms with E-state index in [9.17, 15) is 19.5 Å². The van der Waals surface area contributed by atoms with E-state index in [1.807, 2.05) is 0 Å². The van der Waals surface area contributed by atoms with Gasteiger partial charge in [-0.25, -0.2) is 0 Å². The van der Waals surface area contributed by atoms with Crippen LogP contribution in [-0.4, -0.2) is 37.0 Å². The van der Waals surface area contributed by atoms with E-state index in [0.717, 1.165) is 0 Å². The molecule has 0 unspecified atom stereocenters. The first kappa shape index (κ1) is 17.8. The first-order valence-electron chi connectivity index (χ1n) is 7.45. The van der Waals surface area contributed by atoms with Crippen molar-refractivity contribution in [2.75, 3.05) is 19.5 Å². The van der Waals surface area contributed by atoms with E-state index in [-0.39, 0.29) is 17.0 Å². The Kier molecular flexibility index (Phi) is 4.55. The average Bonchev–Trinajstić information content (AvgIpc) is 3.09. The Hall–Kier alpha value is -2.57. The molecule has 24 heavy (non-hydrogen) atoms. The molecule has 2 atom stereocenters. The number of carbonyl (C=O) groups is 3. The van der Waals surface area contributed by atoms with Gasteiger partial charge in [-0.1, -0.05) is 13.8 Å². The number of ketones is 1. The van der Waals surface area contributed by atoms with E-state index in [1.54, 1.807) is 13.8 Å². The number of hydrogen-bond acceptors (Lipinski definition) is 5. The number of amides is 1. The summed E-state index contributed by atoms with van der Waals surface area (Å²) < 4.78 is 10.3. The summed E-state index contributed by atoms with van der Waals surface area (Å²) in [6.45, 7) is 4.84. The number of nitrogens with one attached hydrogen (secondary N) is 1. The van der Waals surface area contributed by atoms with Gasteiger partial charge in [-0.2, -0.15) is 0 Å². The summed E-state index contributed by atoms with van der Waals surface area (Å²) in [4.78, 5) is 35.6. The third-order valence-electron chi connectivity index (χ3n) is 4.54. The van der Waals surface area contributed by atoms with Crippen LogP contribution in [0.1, 0.15) is 31.1 Å². The number of aliphatic carboxylic acids is 1. The molecule has 0 spiro atoms. The lowest BCUT2D eigenvalue weighted by Crippen LogP contribution is -2.19. The highest BCUT2D eigenvalue weighted by molar-refractivity contribution is 6.06. The van der Waals surface area contributed by atoms with Crippen LogP contribution in [0.15, 0.2) is 12.1 Å². The first-order chi connectivity index (χ1) is 11.1. The van der Waals surface area contributed by atoms with E-state index in [0.29, 0.717) is 11.5 Å². The summed E-state index contributed by atoms with van der Waals surface area (Å²) in [5.41, 5.74) is -0.0774. The molecule has 1 amide bonds. The smallest absolute Gasteiger partial charge is 0.307 e. The molecule has 0 heterocycles. The molecule has 7 nitrogen and oxygen atoms in total. The van der Waals surface area contributed by atoms with Gasteiger partial charge in [0.25, 0.3) is 0 Å². The third kappa shape index (κ3) is 2.93. The minimum absolute atomic E-state index is 0.254. The van der Waals surface area contributed by atoms with Crippen molar-refractivity contribution in [2.45, 2.75) is 20.8 Å². The van der Waals surface area contributed by atoms with Gasteiger partial charge < -0.3 is 19.9 Å². The molecule has 130 valence electrons. The number of hydrogen-bond donors (Lipinski definition) is 2. The first-order valence-corrected chi connectivity index (χ1v) is 7.45. The van der Waals surface area contributed by atoms with Crippen molar-refractivity contribution in [2.24, 2.45) is 17.3 Å². The standard InChI is InChI=1S/C17H21NO6/c1-8(19)9-6-11(23-4)12(24-5)7-10(9)18-15(20)13-14(16(21)22)17(13,2)3/h6-7,13-14H,1-5H3,(H,18,20)(H,21,22)/t13-,14-/m1/s1. The predicted octanol–water partition coefficient (Wildman–Crippen LogP) is 2.20. The molecule has 2 N–H and O–H groups in total. The molecule has 7 heteroatoms. The summed E-state index contributed by atoms with van der Waals surface area (Å²) in [5, 5.41) is 11.9. The second-order valence-corrected chi connectivity index (χ2v) is 6.41. The Morgan fingerprint density at radius 3 is 2.04 bits per heavy atom. The Labute approximate surface area is 139 Å². The molecular weight excluding hydrogens is 314 g/mol. The van der Waals surface area contributed by atoms with Gasteiger partial charge in [-0.3, -0.25) is 14.4 Å². The van der Waals surface area contributed by atoms with Gasteiger partial charge in [0.2, 0.25) is 5.91 Å². The van der Waals surface area contributed by atoms with Crippen LogP contribution in [0.25, 0.3) is 0 Å².